The number of sulfonamides is 1. The van der Waals surface area contributed by atoms with E-state index in [1.54, 1.807) is 26.0 Å². The molecule has 4 N–H and O–H groups in total. The number of rotatable bonds is 6. The topological polar surface area (TPSA) is 101 Å². The van der Waals surface area contributed by atoms with Crippen LogP contribution < -0.4 is 15.8 Å². The standard InChI is InChI=1S/C13H21N3O3S/c1-4-7-15-11(17)8-16-20(18,19)13-10(3)6-5-9(2)12(13)14/h5-6,16H,4,7-8,14H2,1-3H3,(H,15,17). The number of nitrogens with one attached hydrogen (secondary N) is 2. The van der Waals surface area contributed by atoms with Crippen LogP contribution in [0.1, 0.15) is 24.5 Å². The van der Waals surface area contributed by atoms with Gasteiger partial charge in [0.15, 0.2) is 0 Å². The van der Waals surface area contributed by atoms with Crippen molar-refractivity contribution in [3.8, 4) is 0 Å². The first-order valence-corrected chi connectivity index (χ1v) is 7.90. The molecule has 0 aliphatic carbocycles. The van der Waals surface area contributed by atoms with Gasteiger partial charge in [0.05, 0.1) is 12.2 Å². The SMILES string of the molecule is CCCNC(=O)CNS(=O)(=O)c1c(C)ccc(C)c1N. The quantitative estimate of drug-likeness (QED) is 0.673. The molecule has 0 bridgehead atoms. The van der Waals surface area contributed by atoms with Crippen LogP contribution in [0, 0.1) is 13.8 Å². The molecule has 6 nitrogen and oxygen atoms in total. The minimum atomic E-state index is -3.80. The Labute approximate surface area is 119 Å². The van der Waals surface area contributed by atoms with Gasteiger partial charge in [-0.2, -0.15) is 0 Å². The highest BCUT2D eigenvalue weighted by molar-refractivity contribution is 7.89. The summed E-state index contributed by atoms with van der Waals surface area (Å²) in [6, 6.07) is 3.45. The lowest BCUT2D eigenvalue weighted by Gasteiger charge is -2.13. The summed E-state index contributed by atoms with van der Waals surface area (Å²) < 4.78 is 26.7. The zero-order chi connectivity index (χ0) is 15.3. The van der Waals surface area contributed by atoms with Crippen molar-refractivity contribution in [1.82, 2.24) is 10.0 Å². The maximum Gasteiger partial charge on any atom is 0.243 e. The highest BCUT2D eigenvalue weighted by Crippen LogP contribution is 2.25. The normalized spacial score (nSPS) is 11.3. The number of nitrogens with two attached hydrogens (primary N) is 1. The van der Waals surface area contributed by atoms with Crippen LogP contribution in [-0.4, -0.2) is 27.4 Å². The fourth-order valence-electron chi connectivity index (χ4n) is 1.72. The van der Waals surface area contributed by atoms with E-state index >= 15 is 0 Å². The first-order valence-electron chi connectivity index (χ1n) is 6.41. The predicted molar refractivity (Wildman–Crippen MR) is 78.8 cm³/mol. The second-order valence-corrected chi connectivity index (χ2v) is 6.32. The van der Waals surface area contributed by atoms with Crippen molar-refractivity contribution in [2.24, 2.45) is 0 Å². The first kappa shape index (κ1) is 16.5. The van der Waals surface area contributed by atoms with E-state index in [1.165, 1.54) is 0 Å². The monoisotopic (exact) mass is 299 g/mol. The Morgan fingerprint density at radius 3 is 2.45 bits per heavy atom. The summed E-state index contributed by atoms with van der Waals surface area (Å²) in [5, 5.41) is 2.60. The second kappa shape index (κ2) is 6.71. The number of hydrogen-bond acceptors (Lipinski definition) is 4. The fraction of sp³-hybridized carbons (Fsp3) is 0.462. The molecule has 0 heterocycles. The number of aryl methyl sites for hydroxylation is 2. The van der Waals surface area contributed by atoms with E-state index in [1.807, 2.05) is 6.92 Å². The van der Waals surface area contributed by atoms with Gasteiger partial charge in [0.25, 0.3) is 0 Å². The van der Waals surface area contributed by atoms with Gasteiger partial charge in [0.2, 0.25) is 15.9 Å². The van der Waals surface area contributed by atoms with E-state index in [-0.39, 0.29) is 23.0 Å². The van der Waals surface area contributed by atoms with Crippen molar-refractivity contribution in [1.29, 1.82) is 0 Å². The van der Waals surface area contributed by atoms with Crippen LogP contribution in [0.4, 0.5) is 5.69 Å². The molecule has 1 aromatic carbocycles. The Balaban J connectivity index is 2.90. The third kappa shape index (κ3) is 3.94. The Morgan fingerprint density at radius 2 is 1.85 bits per heavy atom. The maximum absolute atomic E-state index is 12.2. The van der Waals surface area contributed by atoms with E-state index in [4.69, 9.17) is 5.73 Å². The van der Waals surface area contributed by atoms with Crippen LogP contribution in [0.25, 0.3) is 0 Å². The van der Waals surface area contributed by atoms with Crippen molar-refractivity contribution in [2.75, 3.05) is 18.8 Å². The summed E-state index contributed by atoms with van der Waals surface area (Å²) in [5.41, 5.74) is 7.29. The lowest BCUT2D eigenvalue weighted by Crippen LogP contribution is -2.37. The van der Waals surface area contributed by atoms with Crippen LogP contribution in [0.15, 0.2) is 17.0 Å². The number of carbonyl (C=O) groups excluding carboxylic acids is 1. The predicted octanol–water partition coefficient (Wildman–Crippen LogP) is 0.690. The van der Waals surface area contributed by atoms with Crippen LogP contribution in [-0.2, 0) is 14.8 Å². The van der Waals surface area contributed by atoms with Gasteiger partial charge in [0, 0.05) is 6.54 Å². The van der Waals surface area contributed by atoms with Crippen LogP contribution >= 0.6 is 0 Å². The number of amides is 1. The van der Waals surface area contributed by atoms with Crippen molar-refractivity contribution in [3.05, 3.63) is 23.3 Å². The molecule has 7 heteroatoms. The summed E-state index contributed by atoms with van der Waals surface area (Å²) in [5.74, 6) is -0.362. The molecule has 1 rings (SSSR count). The molecule has 1 aromatic rings. The zero-order valence-corrected chi connectivity index (χ0v) is 12.8. The average molecular weight is 299 g/mol. The molecule has 0 atom stereocenters. The molecule has 0 aliphatic rings. The molecular weight excluding hydrogens is 278 g/mol. The molecule has 0 fully saturated rings. The van der Waals surface area contributed by atoms with Crippen LogP contribution in [0.2, 0.25) is 0 Å². The largest absolute Gasteiger partial charge is 0.397 e. The van der Waals surface area contributed by atoms with Gasteiger partial charge < -0.3 is 11.1 Å². The number of nitrogen functional groups attached to an aromatic ring is 1. The average Bonchev–Trinajstić information content (AvgIpc) is 2.38. The minimum absolute atomic E-state index is 0.0424. The molecule has 0 saturated carbocycles. The molecule has 112 valence electrons. The third-order valence-corrected chi connectivity index (χ3v) is 4.48. The van der Waals surface area contributed by atoms with E-state index in [0.29, 0.717) is 17.7 Å². The summed E-state index contributed by atoms with van der Waals surface area (Å²) in [7, 11) is -3.80. The van der Waals surface area contributed by atoms with Gasteiger partial charge in [0.1, 0.15) is 4.90 Å². The van der Waals surface area contributed by atoms with Gasteiger partial charge in [-0.25, -0.2) is 13.1 Å². The lowest BCUT2D eigenvalue weighted by molar-refractivity contribution is -0.119. The summed E-state index contributed by atoms with van der Waals surface area (Å²) >= 11 is 0. The van der Waals surface area contributed by atoms with Crippen molar-refractivity contribution in [2.45, 2.75) is 32.1 Å². The summed E-state index contributed by atoms with van der Waals surface area (Å²) in [6.45, 7) is 5.55. The Kier molecular flexibility index (Phi) is 5.52. The number of hydrogen-bond donors (Lipinski definition) is 3. The highest BCUT2D eigenvalue weighted by atomic mass is 32.2. The number of benzene rings is 1. The van der Waals surface area contributed by atoms with Gasteiger partial charge in [-0.1, -0.05) is 19.1 Å². The number of carbonyl (C=O) groups is 1. The van der Waals surface area contributed by atoms with Crippen LogP contribution in [0.3, 0.4) is 0 Å². The molecule has 1 amide bonds. The van der Waals surface area contributed by atoms with Crippen molar-refractivity contribution >= 4 is 21.6 Å². The van der Waals surface area contributed by atoms with Crippen molar-refractivity contribution < 1.29 is 13.2 Å². The molecular formula is C13H21N3O3S. The Morgan fingerprint density at radius 1 is 1.25 bits per heavy atom. The van der Waals surface area contributed by atoms with Crippen molar-refractivity contribution in [3.63, 3.8) is 0 Å². The minimum Gasteiger partial charge on any atom is -0.397 e. The van der Waals surface area contributed by atoms with Crippen LogP contribution in [0.5, 0.6) is 0 Å². The smallest absolute Gasteiger partial charge is 0.243 e. The second-order valence-electron chi connectivity index (χ2n) is 4.62. The van der Waals surface area contributed by atoms with Gasteiger partial charge in [-0.3, -0.25) is 4.79 Å². The fourth-order valence-corrected chi connectivity index (χ4v) is 3.13. The maximum atomic E-state index is 12.2. The number of anilines is 1. The van der Waals surface area contributed by atoms with Gasteiger partial charge >= 0.3 is 0 Å². The van der Waals surface area contributed by atoms with E-state index in [0.717, 1.165) is 6.42 Å². The van der Waals surface area contributed by atoms with E-state index < -0.39 is 10.0 Å². The van der Waals surface area contributed by atoms with E-state index in [9.17, 15) is 13.2 Å². The first-order chi connectivity index (χ1) is 9.29. The van der Waals surface area contributed by atoms with Gasteiger partial charge in [-0.15, -0.1) is 0 Å². The highest BCUT2D eigenvalue weighted by Gasteiger charge is 2.21. The zero-order valence-electron chi connectivity index (χ0n) is 12.0. The molecule has 0 saturated heterocycles. The summed E-state index contributed by atoms with van der Waals surface area (Å²) in [6.07, 6.45) is 0.794. The summed E-state index contributed by atoms with van der Waals surface area (Å²) in [4.78, 5) is 11.5. The molecule has 0 aliphatic heterocycles. The molecule has 0 unspecified atom stereocenters. The third-order valence-electron chi connectivity index (χ3n) is 2.87. The molecule has 0 aromatic heterocycles. The molecule has 20 heavy (non-hydrogen) atoms. The van der Waals surface area contributed by atoms with Gasteiger partial charge in [-0.05, 0) is 31.4 Å². The molecule has 0 radical (unpaired) electrons. The Hall–Kier alpha value is -1.60. The van der Waals surface area contributed by atoms with E-state index in [2.05, 4.69) is 10.0 Å². The molecule has 0 spiro atoms. The Bertz CT molecular complexity index is 597. The lowest BCUT2D eigenvalue weighted by atomic mass is 10.1.